The summed E-state index contributed by atoms with van der Waals surface area (Å²) in [6.45, 7) is 8.43. The zero-order chi connectivity index (χ0) is 9.47. The molecule has 1 fully saturated rings. The highest BCUT2D eigenvalue weighted by Gasteiger charge is 2.25. The molecule has 0 aliphatic carbocycles. The number of rotatable bonds is 1. The van der Waals surface area contributed by atoms with Crippen LogP contribution in [0, 0.1) is 0 Å². The molecule has 1 saturated heterocycles. The third-order valence-electron chi connectivity index (χ3n) is 2.34. The van der Waals surface area contributed by atoms with Crippen LogP contribution < -0.4 is 5.32 Å². The minimum absolute atomic E-state index is 0.0475. The van der Waals surface area contributed by atoms with E-state index < -0.39 is 0 Å². The fourth-order valence-electron chi connectivity index (χ4n) is 1.27. The topological polar surface area (TPSA) is 53.6 Å². The van der Waals surface area contributed by atoms with Crippen molar-refractivity contribution in [3.8, 4) is 0 Å². The highest BCUT2D eigenvalue weighted by molar-refractivity contribution is 5.08. The Morgan fingerprint density at radius 2 is 2.00 bits per heavy atom. The molecule has 2 heterocycles. The van der Waals surface area contributed by atoms with Crippen molar-refractivity contribution in [1.29, 1.82) is 0 Å². The van der Waals surface area contributed by atoms with E-state index >= 15 is 0 Å². The van der Waals surface area contributed by atoms with E-state index in [1.165, 1.54) is 0 Å². The van der Waals surface area contributed by atoms with E-state index in [4.69, 9.17) is 0 Å². The third kappa shape index (κ3) is 1.58. The molecule has 0 unspecified atom stereocenters. The molecule has 1 aromatic rings. The number of aromatic amines is 1. The minimum Gasteiger partial charge on any atom is -0.315 e. The summed E-state index contributed by atoms with van der Waals surface area (Å²) in [5, 5.41) is 10.5. The molecule has 4 heteroatoms. The predicted molar refractivity (Wildman–Crippen MR) is 50.7 cm³/mol. The lowest BCUT2D eigenvalue weighted by atomic mass is 9.96. The van der Waals surface area contributed by atoms with Gasteiger partial charge >= 0.3 is 0 Å². The molecule has 0 spiro atoms. The molecule has 0 bridgehead atoms. The molecule has 2 N–H and O–H groups in total. The molecular formula is C9H16N4. The lowest BCUT2D eigenvalue weighted by molar-refractivity contribution is 0.430. The Hall–Kier alpha value is -0.900. The van der Waals surface area contributed by atoms with Crippen LogP contribution in [0.2, 0.25) is 0 Å². The van der Waals surface area contributed by atoms with E-state index in [2.05, 4.69) is 41.3 Å². The van der Waals surface area contributed by atoms with Crippen LogP contribution in [0.4, 0.5) is 0 Å². The number of hydrogen-bond donors (Lipinski definition) is 2. The molecule has 72 valence electrons. The molecule has 0 amide bonds. The van der Waals surface area contributed by atoms with Crippen LogP contribution in [0.15, 0.2) is 0 Å². The van der Waals surface area contributed by atoms with Gasteiger partial charge in [-0.2, -0.15) is 5.10 Å². The Morgan fingerprint density at radius 3 is 2.38 bits per heavy atom. The largest absolute Gasteiger partial charge is 0.315 e. The molecule has 0 aromatic carbocycles. The van der Waals surface area contributed by atoms with E-state index in [-0.39, 0.29) is 5.41 Å². The van der Waals surface area contributed by atoms with Crippen molar-refractivity contribution >= 4 is 0 Å². The van der Waals surface area contributed by atoms with E-state index in [1.54, 1.807) is 0 Å². The molecular weight excluding hydrogens is 164 g/mol. The van der Waals surface area contributed by atoms with Gasteiger partial charge in [-0.3, -0.25) is 5.10 Å². The average Bonchev–Trinajstić information content (AvgIpc) is 2.29. The van der Waals surface area contributed by atoms with Crippen LogP contribution in [0.25, 0.3) is 0 Å². The van der Waals surface area contributed by atoms with Gasteiger partial charge in [0.05, 0.1) is 0 Å². The predicted octanol–water partition coefficient (Wildman–Crippen LogP) is 0.789. The van der Waals surface area contributed by atoms with Gasteiger partial charge in [0, 0.05) is 24.4 Å². The Balaban J connectivity index is 2.17. The van der Waals surface area contributed by atoms with Crippen LogP contribution in [0.3, 0.4) is 0 Å². The summed E-state index contributed by atoms with van der Waals surface area (Å²) < 4.78 is 0. The van der Waals surface area contributed by atoms with E-state index in [1.807, 2.05) is 0 Å². The quantitative estimate of drug-likeness (QED) is 0.671. The smallest absolute Gasteiger partial charge is 0.156 e. The summed E-state index contributed by atoms with van der Waals surface area (Å²) in [7, 11) is 0. The molecule has 0 atom stereocenters. The summed E-state index contributed by atoms with van der Waals surface area (Å²) >= 11 is 0. The van der Waals surface area contributed by atoms with Crippen LogP contribution in [0.5, 0.6) is 0 Å². The number of aromatic nitrogens is 3. The van der Waals surface area contributed by atoms with Crippen molar-refractivity contribution in [2.45, 2.75) is 32.1 Å². The second-order valence-corrected chi connectivity index (χ2v) is 4.65. The Labute approximate surface area is 78.1 Å². The van der Waals surface area contributed by atoms with Gasteiger partial charge in [0.2, 0.25) is 0 Å². The Morgan fingerprint density at radius 1 is 1.31 bits per heavy atom. The van der Waals surface area contributed by atoms with Gasteiger partial charge in [-0.25, -0.2) is 4.98 Å². The first-order valence-corrected chi connectivity index (χ1v) is 4.71. The number of nitrogens with zero attached hydrogens (tertiary/aromatic N) is 2. The highest BCUT2D eigenvalue weighted by atomic mass is 15.2. The van der Waals surface area contributed by atoms with Gasteiger partial charge in [-0.1, -0.05) is 20.8 Å². The van der Waals surface area contributed by atoms with Crippen LogP contribution in [0.1, 0.15) is 38.3 Å². The highest BCUT2D eigenvalue weighted by Crippen LogP contribution is 2.21. The summed E-state index contributed by atoms with van der Waals surface area (Å²) in [6.07, 6.45) is 0. The van der Waals surface area contributed by atoms with Crippen LogP contribution >= 0.6 is 0 Å². The molecule has 2 rings (SSSR count). The van der Waals surface area contributed by atoms with E-state index in [9.17, 15) is 0 Å². The number of hydrogen-bond acceptors (Lipinski definition) is 3. The monoisotopic (exact) mass is 180 g/mol. The first kappa shape index (κ1) is 8.69. The Kier molecular flexibility index (Phi) is 1.87. The van der Waals surface area contributed by atoms with Crippen molar-refractivity contribution in [2.75, 3.05) is 13.1 Å². The molecule has 1 aromatic heterocycles. The second-order valence-electron chi connectivity index (χ2n) is 4.65. The van der Waals surface area contributed by atoms with Gasteiger partial charge < -0.3 is 5.32 Å². The molecule has 13 heavy (non-hydrogen) atoms. The van der Waals surface area contributed by atoms with Crippen molar-refractivity contribution in [3.63, 3.8) is 0 Å². The standard InChI is InChI=1S/C9H16N4/c1-9(2,3)8-11-7(12-13-8)6-4-10-5-6/h6,10H,4-5H2,1-3H3,(H,11,12,13). The first-order chi connectivity index (χ1) is 6.07. The summed E-state index contributed by atoms with van der Waals surface area (Å²) in [6, 6.07) is 0. The SMILES string of the molecule is CC(C)(C)c1n[nH]c(C2CNC2)n1. The zero-order valence-corrected chi connectivity index (χ0v) is 8.39. The number of nitrogens with one attached hydrogen (secondary N) is 2. The zero-order valence-electron chi connectivity index (χ0n) is 8.39. The molecule has 0 saturated carbocycles. The minimum atomic E-state index is 0.0475. The maximum Gasteiger partial charge on any atom is 0.156 e. The fraction of sp³-hybridized carbons (Fsp3) is 0.778. The van der Waals surface area contributed by atoms with Gasteiger partial charge in [-0.05, 0) is 0 Å². The third-order valence-corrected chi connectivity index (χ3v) is 2.34. The van der Waals surface area contributed by atoms with Crippen molar-refractivity contribution in [1.82, 2.24) is 20.5 Å². The van der Waals surface area contributed by atoms with Crippen LogP contribution in [-0.2, 0) is 5.41 Å². The van der Waals surface area contributed by atoms with Gasteiger partial charge in [0.15, 0.2) is 5.82 Å². The lowest BCUT2D eigenvalue weighted by Crippen LogP contribution is -2.40. The molecule has 1 aliphatic heterocycles. The molecule has 4 nitrogen and oxygen atoms in total. The van der Waals surface area contributed by atoms with Gasteiger partial charge in [0.25, 0.3) is 0 Å². The maximum absolute atomic E-state index is 4.50. The summed E-state index contributed by atoms with van der Waals surface area (Å²) in [5.74, 6) is 2.49. The number of H-pyrrole nitrogens is 1. The van der Waals surface area contributed by atoms with E-state index in [0.717, 1.165) is 24.7 Å². The van der Waals surface area contributed by atoms with Crippen molar-refractivity contribution < 1.29 is 0 Å². The summed E-state index contributed by atoms with van der Waals surface area (Å²) in [5.41, 5.74) is 0.0475. The summed E-state index contributed by atoms with van der Waals surface area (Å²) in [4.78, 5) is 4.50. The van der Waals surface area contributed by atoms with Crippen molar-refractivity contribution in [3.05, 3.63) is 11.6 Å². The fourth-order valence-corrected chi connectivity index (χ4v) is 1.27. The van der Waals surface area contributed by atoms with E-state index in [0.29, 0.717) is 5.92 Å². The Bertz CT molecular complexity index is 293. The first-order valence-electron chi connectivity index (χ1n) is 4.71. The normalized spacial score (nSPS) is 18.7. The second kappa shape index (κ2) is 2.80. The molecule has 0 radical (unpaired) electrons. The van der Waals surface area contributed by atoms with Crippen LogP contribution in [-0.4, -0.2) is 28.3 Å². The average molecular weight is 180 g/mol. The maximum atomic E-state index is 4.50. The lowest BCUT2D eigenvalue weighted by Gasteiger charge is -2.24. The van der Waals surface area contributed by atoms with Gasteiger partial charge in [0.1, 0.15) is 5.82 Å². The van der Waals surface area contributed by atoms with Crippen molar-refractivity contribution in [2.24, 2.45) is 0 Å². The molecule has 1 aliphatic rings. The van der Waals surface area contributed by atoms with Gasteiger partial charge in [-0.15, -0.1) is 0 Å².